The Bertz CT molecular complexity index is 586. The number of hydrogen-bond donors (Lipinski definition) is 2. The van der Waals surface area contributed by atoms with E-state index in [1.165, 1.54) is 6.07 Å². The van der Waals surface area contributed by atoms with Gasteiger partial charge in [-0.15, -0.1) is 0 Å². The Morgan fingerprint density at radius 3 is 2.67 bits per heavy atom. The van der Waals surface area contributed by atoms with E-state index < -0.39 is 22.4 Å². The predicted molar refractivity (Wildman–Crippen MR) is 77.8 cm³/mol. The first-order valence-corrected chi connectivity index (χ1v) is 8.54. The largest absolute Gasteiger partial charge is 0.392 e. The molecule has 1 atom stereocenters. The highest BCUT2D eigenvalue weighted by Crippen LogP contribution is 2.18. The van der Waals surface area contributed by atoms with Gasteiger partial charge in [0.2, 0.25) is 10.0 Å². The third-order valence-electron chi connectivity index (χ3n) is 3.58. The van der Waals surface area contributed by atoms with Gasteiger partial charge in [0.1, 0.15) is 5.82 Å². The quantitative estimate of drug-likeness (QED) is 0.824. The lowest BCUT2D eigenvalue weighted by molar-refractivity contribution is 0.278. The molecular weight excluding hydrogens is 295 g/mol. The van der Waals surface area contributed by atoms with Gasteiger partial charge in [-0.3, -0.25) is 0 Å². The molecule has 0 aromatic heterocycles. The fourth-order valence-electron chi connectivity index (χ4n) is 2.63. The minimum absolute atomic E-state index is 0.192. The van der Waals surface area contributed by atoms with Crippen molar-refractivity contribution in [2.24, 2.45) is 0 Å². The highest BCUT2D eigenvalue weighted by Gasteiger charge is 2.23. The van der Waals surface area contributed by atoms with Crippen molar-refractivity contribution in [3.8, 4) is 0 Å². The molecule has 21 heavy (non-hydrogen) atoms. The fraction of sp³-hybridized carbons (Fsp3) is 0.571. The molecule has 1 fully saturated rings. The molecule has 1 aromatic carbocycles. The third kappa shape index (κ3) is 4.23. The molecular formula is C14H21FN2O3S. The smallest absolute Gasteiger partial charge is 0.241 e. The van der Waals surface area contributed by atoms with Crippen LogP contribution in [0, 0.1) is 5.82 Å². The second-order valence-electron chi connectivity index (χ2n) is 5.44. The number of nitrogens with one attached hydrogen (secondary N) is 1. The molecule has 0 bridgehead atoms. The van der Waals surface area contributed by atoms with Gasteiger partial charge < -0.3 is 10.0 Å². The second-order valence-corrected chi connectivity index (χ2v) is 7.12. The first-order chi connectivity index (χ1) is 9.92. The molecule has 0 spiro atoms. The van der Waals surface area contributed by atoms with Gasteiger partial charge in [-0.1, -0.05) is 6.07 Å². The molecule has 0 radical (unpaired) electrons. The van der Waals surface area contributed by atoms with Crippen molar-refractivity contribution in [1.82, 2.24) is 9.62 Å². The number of halogens is 1. The highest BCUT2D eigenvalue weighted by atomic mass is 32.2. The Morgan fingerprint density at radius 1 is 1.38 bits per heavy atom. The van der Waals surface area contributed by atoms with Crippen molar-refractivity contribution in [3.63, 3.8) is 0 Å². The number of aliphatic hydroxyl groups excluding tert-OH is 1. The molecule has 2 N–H and O–H groups in total. The minimum atomic E-state index is -3.84. The van der Waals surface area contributed by atoms with E-state index in [1.807, 2.05) is 0 Å². The Kier molecular flexibility index (Phi) is 5.32. The van der Waals surface area contributed by atoms with Crippen LogP contribution in [0.5, 0.6) is 0 Å². The molecule has 2 rings (SSSR count). The lowest BCUT2D eigenvalue weighted by atomic mass is 10.2. The highest BCUT2D eigenvalue weighted by molar-refractivity contribution is 7.89. The Balaban J connectivity index is 2.12. The first-order valence-electron chi connectivity index (χ1n) is 7.06. The lowest BCUT2D eigenvalue weighted by Crippen LogP contribution is -2.41. The Morgan fingerprint density at radius 2 is 2.05 bits per heavy atom. The number of hydrogen-bond acceptors (Lipinski definition) is 4. The molecule has 1 saturated heterocycles. The molecule has 0 saturated carbocycles. The van der Waals surface area contributed by atoms with Crippen LogP contribution in [0.2, 0.25) is 0 Å². The Labute approximate surface area is 124 Å². The van der Waals surface area contributed by atoms with Gasteiger partial charge in [0.25, 0.3) is 0 Å². The van der Waals surface area contributed by atoms with Crippen molar-refractivity contribution in [3.05, 3.63) is 29.6 Å². The van der Waals surface area contributed by atoms with E-state index in [1.54, 1.807) is 6.92 Å². The maximum Gasteiger partial charge on any atom is 0.241 e. The molecule has 1 aliphatic rings. The van der Waals surface area contributed by atoms with E-state index in [-0.39, 0.29) is 16.5 Å². The van der Waals surface area contributed by atoms with Crippen molar-refractivity contribution in [1.29, 1.82) is 0 Å². The van der Waals surface area contributed by atoms with Crippen LogP contribution in [0.25, 0.3) is 0 Å². The Hall–Kier alpha value is -1.02. The normalized spacial score (nSPS) is 18.0. The molecule has 1 heterocycles. The van der Waals surface area contributed by atoms with Gasteiger partial charge in [-0.25, -0.2) is 17.5 Å². The summed E-state index contributed by atoms with van der Waals surface area (Å²) < 4.78 is 40.5. The van der Waals surface area contributed by atoms with Gasteiger partial charge >= 0.3 is 0 Å². The van der Waals surface area contributed by atoms with E-state index in [4.69, 9.17) is 0 Å². The van der Waals surface area contributed by atoms with Crippen LogP contribution in [0.1, 0.15) is 25.3 Å². The molecule has 5 nitrogen and oxygen atoms in total. The van der Waals surface area contributed by atoms with Crippen LogP contribution in [0.4, 0.5) is 4.39 Å². The summed E-state index contributed by atoms with van der Waals surface area (Å²) >= 11 is 0. The van der Waals surface area contributed by atoms with Crippen molar-refractivity contribution < 1.29 is 17.9 Å². The van der Waals surface area contributed by atoms with Crippen molar-refractivity contribution >= 4 is 10.0 Å². The summed E-state index contributed by atoms with van der Waals surface area (Å²) in [7, 11) is -3.84. The average Bonchev–Trinajstić information content (AvgIpc) is 2.90. The minimum Gasteiger partial charge on any atom is -0.392 e. The summed E-state index contributed by atoms with van der Waals surface area (Å²) in [6, 6.07) is 3.09. The summed E-state index contributed by atoms with van der Waals surface area (Å²) in [5.74, 6) is -0.639. The number of aliphatic hydroxyl groups is 1. The van der Waals surface area contributed by atoms with E-state index in [0.717, 1.165) is 38.1 Å². The molecule has 7 heteroatoms. The summed E-state index contributed by atoms with van der Waals surface area (Å²) in [6.45, 7) is 3.93. The zero-order valence-electron chi connectivity index (χ0n) is 12.0. The summed E-state index contributed by atoms with van der Waals surface area (Å²) in [5, 5.41) is 9.21. The zero-order chi connectivity index (χ0) is 15.5. The van der Waals surface area contributed by atoms with Gasteiger partial charge in [0, 0.05) is 12.6 Å². The number of nitrogens with zero attached hydrogens (tertiary/aromatic N) is 1. The predicted octanol–water partition coefficient (Wildman–Crippen LogP) is 1.08. The maximum atomic E-state index is 13.3. The number of benzene rings is 1. The van der Waals surface area contributed by atoms with Crippen LogP contribution in [-0.4, -0.2) is 44.1 Å². The van der Waals surface area contributed by atoms with Gasteiger partial charge in [-0.2, -0.15) is 0 Å². The number of sulfonamides is 1. The van der Waals surface area contributed by atoms with Gasteiger partial charge in [0.05, 0.1) is 11.5 Å². The van der Waals surface area contributed by atoms with Gasteiger partial charge in [-0.05, 0) is 50.6 Å². The fourth-order valence-corrected chi connectivity index (χ4v) is 4.10. The number of rotatable bonds is 6. The van der Waals surface area contributed by atoms with Crippen LogP contribution < -0.4 is 4.72 Å². The van der Waals surface area contributed by atoms with Gasteiger partial charge in [0.15, 0.2) is 0 Å². The van der Waals surface area contributed by atoms with Crippen molar-refractivity contribution in [2.75, 3.05) is 19.6 Å². The molecule has 1 unspecified atom stereocenters. The van der Waals surface area contributed by atoms with Crippen LogP contribution in [0.15, 0.2) is 23.1 Å². The monoisotopic (exact) mass is 316 g/mol. The second kappa shape index (κ2) is 6.83. The SMILES string of the molecule is CC(CN1CCCC1)NS(=O)(=O)c1cc(F)ccc1CO. The van der Waals surface area contributed by atoms with E-state index in [2.05, 4.69) is 9.62 Å². The molecule has 1 aromatic rings. The molecule has 1 aliphatic heterocycles. The van der Waals surface area contributed by atoms with E-state index >= 15 is 0 Å². The average molecular weight is 316 g/mol. The lowest BCUT2D eigenvalue weighted by Gasteiger charge is -2.21. The maximum absolute atomic E-state index is 13.3. The summed E-state index contributed by atoms with van der Waals surface area (Å²) in [5.41, 5.74) is 0.192. The van der Waals surface area contributed by atoms with E-state index in [0.29, 0.717) is 6.54 Å². The van der Waals surface area contributed by atoms with Crippen LogP contribution >= 0.6 is 0 Å². The zero-order valence-corrected chi connectivity index (χ0v) is 12.9. The third-order valence-corrected chi connectivity index (χ3v) is 5.25. The topological polar surface area (TPSA) is 69.6 Å². The van der Waals surface area contributed by atoms with Crippen LogP contribution in [0.3, 0.4) is 0 Å². The van der Waals surface area contributed by atoms with Crippen molar-refractivity contribution in [2.45, 2.75) is 37.3 Å². The number of likely N-dealkylation sites (tertiary alicyclic amines) is 1. The van der Waals surface area contributed by atoms with Crippen LogP contribution in [-0.2, 0) is 16.6 Å². The molecule has 118 valence electrons. The summed E-state index contributed by atoms with van der Waals surface area (Å²) in [4.78, 5) is 2.00. The molecule has 0 amide bonds. The molecule has 0 aliphatic carbocycles. The van der Waals surface area contributed by atoms with E-state index in [9.17, 15) is 17.9 Å². The first kappa shape index (κ1) is 16.4. The summed E-state index contributed by atoms with van der Waals surface area (Å²) in [6.07, 6.45) is 2.27. The standard InChI is InChI=1S/C14H21FN2O3S/c1-11(9-17-6-2-3-7-17)16-21(19,20)14-8-13(15)5-4-12(14)10-18/h4-5,8,11,16,18H,2-3,6-7,9-10H2,1H3.